The van der Waals surface area contributed by atoms with E-state index in [4.69, 9.17) is 14.2 Å². The third-order valence-electron chi connectivity index (χ3n) is 7.67. The standard InChI is InChI=1S/C36H35N5O5S/c1-2-19-44-36(43)37-22-26-7-6-8-30(20-26)27-15-17-29(18-16-27)34-45-32(21-33(46-34)28-13-11-25(23-42)12-14-28)24-47-35-38-39-40-41(35)31-9-4-3-5-10-31/h2-18,20,32-34,42H,1,19,21-24H2,(H,37,43). The zero-order valence-corrected chi connectivity index (χ0v) is 26.5. The summed E-state index contributed by atoms with van der Waals surface area (Å²) in [5.74, 6) is 0.623. The highest BCUT2D eigenvalue weighted by Gasteiger charge is 2.32. The van der Waals surface area contributed by atoms with E-state index in [2.05, 4.69) is 27.4 Å². The van der Waals surface area contributed by atoms with Crippen LogP contribution >= 0.6 is 11.8 Å². The quantitative estimate of drug-likeness (QED) is 0.114. The van der Waals surface area contributed by atoms with Crippen LogP contribution in [0.5, 0.6) is 0 Å². The lowest BCUT2D eigenvalue weighted by molar-refractivity contribution is -0.245. The molecule has 1 aliphatic heterocycles. The molecule has 11 heteroatoms. The third kappa shape index (κ3) is 8.32. The van der Waals surface area contributed by atoms with E-state index in [-0.39, 0.29) is 25.4 Å². The average molecular weight is 650 g/mol. The number of amides is 1. The molecule has 5 aromatic rings. The summed E-state index contributed by atoms with van der Waals surface area (Å²) in [5, 5.41) is 25.3. The Balaban J connectivity index is 1.17. The van der Waals surface area contributed by atoms with Gasteiger partial charge in [0.15, 0.2) is 6.29 Å². The van der Waals surface area contributed by atoms with Crippen LogP contribution in [0.15, 0.2) is 121 Å². The molecule has 1 aliphatic rings. The monoisotopic (exact) mass is 649 g/mol. The molecule has 47 heavy (non-hydrogen) atoms. The van der Waals surface area contributed by atoms with E-state index in [9.17, 15) is 9.90 Å². The van der Waals surface area contributed by atoms with E-state index < -0.39 is 12.4 Å². The van der Waals surface area contributed by atoms with Crippen LogP contribution in [0.4, 0.5) is 4.79 Å². The topological polar surface area (TPSA) is 121 Å². The summed E-state index contributed by atoms with van der Waals surface area (Å²) in [7, 11) is 0. The fraction of sp³-hybridized carbons (Fsp3) is 0.222. The number of aromatic nitrogens is 4. The van der Waals surface area contributed by atoms with Crippen molar-refractivity contribution in [3.63, 3.8) is 0 Å². The van der Waals surface area contributed by atoms with Crippen molar-refractivity contribution in [2.24, 2.45) is 0 Å². The SMILES string of the molecule is C=CCOC(=O)NCc1cccc(-c2ccc(C3OC(CSc4nnnn4-c4ccccc4)CC(c4ccc(CO)cc4)O3)cc2)c1. The van der Waals surface area contributed by atoms with Crippen LogP contribution < -0.4 is 5.32 Å². The second-order valence-corrected chi connectivity index (χ2v) is 11.9. The number of tetrazole rings is 1. The molecule has 0 spiro atoms. The van der Waals surface area contributed by atoms with Gasteiger partial charge >= 0.3 is 6.09 Å². The van der Waals surface area contributed by atoms with Gasteiger partial charge in [-0.2, -0.15) is 4.68 Å². The molecule has 0 bridgehead atoms. The predicted octanol–water partition coefficient (Wildman–Crippen LogP) is 6.57. The van der Waals surface area contributed by atoms with Crippen LogP contribution in [0.2, 0.25) is 0 Å². The molecular formula is C36H35N5O5S. The Morgan fingerprint density at radius 1 is 0.957 bits per heavy atom. The van der Waals surface area contributed by atoms with Crippen molar-refractivity contribution in [3.8, 4) is 16.8 Å². The maximum Gasteiger partial charge on any atom is 0.407 e. The van der Waals surface area contributed by atoms with Crippen LogP contribution in [0.1, 0.15) is 41.1 Å². The molecule has 1 aromatic heterocycles. The number of thioether (sulfide) groups is 1. The van der Waals surface area contributed by atoms with Crippen molar-refractivity contribution < 1.29 is 24.1 Å². The number of nitrogens with one attached hydrogen (secondary N) is 1. The van der Waals surface area contributed by atoms with Crippen molar-refractivity contribution in [1.82, 2.24) is 25.5 Å². The number of para-hydroxylation sites is 1. The summed E-state index contributed by atoms with van der Waals surface area (Å²) in [6.45, 7) is 4.05. The molecule has 6 rings (SSSR count). The molecule has 1 amide bonds. The number of hydrogen-bond acceptors (Lipinski definition) is 9. The minimum atomic E-state index is -0.590. The van der Waals surface area contributed by atoms with Crippen LogP contribution in [0, 0.1) is 0 Å². The molecule has 1 fully saturated rings. The van der Waals surface area contributed by atoms with Crippen molar-refractivity contribution in [1.29, 1.82) is 0 Å². The predicted molar refractivity (Wildman–Crippen MR) is 179 cm³/mol. The maximum atomic E-state index is 11.8. The summed E-state index contributed by atoms with van der Waals surface area (Å²) in [6, 6.07) is 33.8. The van der Waals surface area contributed by atoms with E-state index in [1.807, 2.05) is 103 Å². The lowest BCUT2D eigenvalue weighted by Gasteiger charge is -2.36. The summed E-state index contributed by atoms with van der Waals surface area (Å²) in [6.07, 6.45) is 0.743. The first kappa shape index (κ1) is 32.1. The fourth-order valence-electron chi connectivity index (χ4n) is 5.24. The Hall–Kier alpha value is -4.81. The van der Waals surface area contributed by atoms with Crippen molar-refractivity contribution >= 4 is 17.9 Å². The fourth-order valence-corrected chi connectivity index (χ4v) is 6.15. The first-order valence-electron chi connectivity index (χ1n) is 15.3. The molecule has 0 aliphatic carbocycles. The van der Waals surface area contributed by atoms with Gasteiger partial charge in [0.1, 0.15) is 6.61 Å². The number of carbonyl (C=O) groups is 1. The number of carbonyl (C=O) groups excluding carboxylic acids is 1. The Kier molecular flexibility index (Phi) is 10.7. The maximum absolute atomic E-state index is 11.8. The largest absolute Gasteiger partial charge is 0.445 e. The Morgan fingerprint density at radius 2 is 1.74 bits per heavy atom. The summed E-state index contributed by atoms with van der Waals surface area (Å²) in [4.78, 5) is 11.8. The van der Waals surface area contributed by atoms with Crippen LogP contribution in [-0.2, 0) is 27.4 Å². The molecule has 240 valence electrons. The second kappa shape index (κ2) is 15.7. The Labute approximate surface area is 277 Å². The van der Waals surface area contributed by atoms with E-state index >= 15 is 0 Å². The molecule has 2 N–H and O–H groups in total. The van der Waals surface area contributed by atoms with Gasteiger partial charge in [-0.15, -0.1) is 5.10 Å². The highest BCUT2D eigenvalue weighted by atomic mass is 32.2. The second-order valence-electron chi connectivity index (χ2n) is 10.9. The molecular weight excluding hydrogens is 614 g/mol. The number of ether oxygens (including phenoxy) is 3. The molecule has 0 radical (unpaired) electrons. The first-order valence-corrected chi connectivity index (χ1v) is 16.3. The van der Waals surface area contributed by atoms with E-state index in [1.54, 1.807) is 16.4 Å². The van der Waals surface area contributed by atoms with E-state index in [0.29, 0.717) is 23.9 Å². The van der Waals surface area contributed by atoms with Gasteiger partial charge in [-0.3, -0.25) is 0 Å². The molecule has 10 nitrogen and oxygen atoms in total. The lowest BCUT2D eigenvalue weighted by atomic mass is 9.99. The summed E-state index contributed by atoms with van der Waals surface area (Å²) in [5.41, 5.74) is 6.66. The summed E-state index contributed by atoms with van der Waals surface area (Å²) < 4.78 is 19.8. The van der Waals surface area contributed by atoms with Crippen LogP contribution in [0.25, 0.3) is 16.8 Å². The molecule has 1 saturated heterocycles. The molecule has 3 atom stereocenters. The number of benzene rings is 4. The smallest absolute Gasteiger partial charge is 0.407 e. The van der Waals surface area contributed by atoms with Crippen LogP contribution in [-0.4, -0.2) is 49.9 Å². The average Bonchev–Trinajstić information content (AvgIpc) is 3.61. The number of aliphatic hydroxyl groups excluding tert-OH is 1. The van der Waals surface area contributed by atoms with Gasteiger partial charge in [0.25, 0.3) is 0 Å². The molecule has 2 heterocycles. The Bertz CT molecular complexity index is 1770. The van der Waals surface area contributed by atoms with Gasteiger partial charge in [0.2, 0.25) is 5.16 Å². The molecule has 4 aromatic carbocycles. The van der Waals surface area contributed by atoms with Gasteiger partial charge in [-0.05, 0) is 56.4 Å². The van der Waals surface area contributed by atoms with Crippen molar-refractivity contribution in [2.75, 3.05) is 12.4 Å². The van der Waals surface area contributed by atoms with E-state index in [1.165, 1.54) is 6.08 Å². The minimum Gasteiger partial charge on any atom is -0.445 e. The third-order valence-corrected chi connectivity index (χ3v) is 8.72. The highest BCUT2D eigenvalue weighted by Crippen LogP contribution is 2.40. The highest BCUT2D eigenvalue weighted by molar-refractivity contribution is 7.99. The zero-order chi connectivity index (χ0) is 32.4. The van der Waals surface area contributed by atoms with Gasteiger partial charge < -0.3 is 24.6 Å². The van der Waals surface area contributed by atoms with Gasteiger partial charge in [0.05, 0.1) is 24.5 Å². The first-order chi connectivity index (χ1) is 23.1. The number of aliphatic hydroxyl groups is 1. The van der Waals surface area contributed by atoms with Gasteiger partial charge in [-0.1, -0.05) is 109 Å². The normalized spacial score (nSPS) is 17.6. The number of rotatable bonds is 12. The van der Waals surface area contributed by atoms with Gasteiger partial charge in [0, 0.05) is 24.3 Å². The van der Waals surface area contributed by atoms with Crippen molar-refractivity contribution in [3.05, 3.63) is 138 Å². The van der Waals surface area contributed by atoms with E-state index in [0.717, 1.165) is 39.1 Å². The summed E-state index contributed by atoms with van der Waals surface area (Å²) >= 11 is 1.54. The number of alkyl carbamates (subject to hydrolysis) is 1. The Morgan fingerprint density at radius 3 is 2.51 bits per heavy atom. The zero-order valence-electron chi connectivity index (χ0n) is 25.6. The number of nitrogens with zero attached hydrogens (tertiary/aromatic N) is 4. The van der Waals surface area contributed by atoms with Crippen molar-refractivity contribution in [2.45, 2.75) is 43.2 Å². The molecule has 0 saturated carbocycles. The van der Waals surface area contributed by atoms with Gasteiger partial charge in [-0.25, -0.2) is 4.79 Å². The number of hydrogen-bond donors (Lipinski definition) is 2. The van der Waals surface area contributed by atoms with Crippen LogP contribution in [0.3, 0.4) is 0 Å². The lowest BCUT2D eigenvalue weighted by Crippen LogP contribution is -2.31. The minimum absolute atomic E-state index is 0.0129. The molecule has 3 unspecified atom stereocenters.